The molecular formula is C15H16N2O. The van der Waals surface area contributed by atoms with Gasteiger partial charge in [-0.05, 0) is 31.0 Å². The Hall–Kier alpha value is -2.26. The van der Waals surface area contributed by atoms with E-state index in [9.17, 15) is 10.1 Å². The Morgan fingerprint density at radius 3 is 2.61 bits per heavy atom. The van der Waals surface area contributed by atoms with Crippen molar-refractivity contribution in [3.05, 3.63) is 29.8 Å². The first-order valence-electron chi connectivity index (χ1n) is 5.91. The number of nitrogens with zero attached hydrogens (tertiary/aromatic N) is 1. The van der Waals surface area contributed by atoms with Crippen molar-refractivity contribution in [2.75, 3.05) is 5.32 Å². The molecule has 0 spiro atoms. The predicted molar refractivity (Wildman–Crippen MR) is 71.6 cm³/mol. The van der Waals surface area contributed by atoms with Gasteiger partial charge in [-0.2, -0.15) is 5.26 Å². The van der Waals surface area contributed by atoms with Gasteiger partial charge in [-0.15, -0.1) is 6.42 Å². The second-order valence-electron chi connectivity index (χ2n) is 4.08. The lowest BCUT2D eigenvalue weighted by atomic mass is 9.83. The fraction of sp³-hybridized carbons (Fsp3) is 0.333. The van der Waals surface area contributed by atoms with Gasteiger partial charge in [0.15, 0.2) is 0 Å². The van der Waals surface area contributed by atoms with Crippen LogP contribution in [0.4, 0.5) is 5.69 Å². The summed E-state index contributed by atoms with van der Waals surface area (Å²) in [6.07, 6.45) is 6.27. The second kappa shape index (κ2) is 5.89. The van der Waals surface area contributed by atoms with Crippen LogP contribution in [0.2, 0.25) is 0 Å². The summed E-state index contributed by atoms with van der Waals surface area (Å²) < 4.78 is 0. The number of anilines is 1. The molecule has 18 heavy (non-hydrogen) atoms. The Morgan fingerprint density at radius 1 is 1.44 bits per heavy atom. The number of carbonyl (C=O) groups is 1. The van der Waals surface area contributed by atoms with E-state index >= 15 is 0 Å². The van der Waals surface area contributed by atoms with Crippen molar-refractivity contribution in [1.29, 1.82) is 5.26 Å². The van der Waals surface area contributed by atoms with E-state index in [4.69, 9.17) is 6.42 Å². The largest absolute Gasteiger partial charge is 0.325 e. The number of hydrogen-bond donors (Lipinski definition) is 1. The van der Waals surface area contributed by atoms with Crippen LogP contribution in [0.3, 0.4) is 0 Å². The maximum absolute atomic E-state index is 12.1. The molecule has 0 aromatic heterocycles. The molecule has 3 heteroatoms. The van der Waals surface area contributed by atoms with Gasteiger partial charge in [0.2, 0.25) is 5.91 Å². The number of rotatable bonds is 4. The first kappa shape index (κ1) is 13.8. The Balaban J connectivity index is 2.94. The zero-order valence-corrected chi connectivity index (χ0v) is 10.7. The molecule has 1 aromatic rings. The van der Waals surface area contributed by atoms with E-state index in [0.29, 0.717) is 24.1 Å². The van der Waals surface area contributed by atoms with Crippen molar-refractivity contribution in [2.45, 2.75) is 26.7 Å². The summed E-state index contributed by atoms with van der Waals surface area (Å²) in [7, 11) is 0. The summed E-state index contributed by atoms with van der Waals surface area (Å²) in [6.45, 7) is 3.67. The van der Waals surface area contributed by atoms with Gasteiger partial charge in [0.1, 0.15) is 5.41 Å². The summed E-state index contributed by atoms with van der Waals surface area (Å²) in [5.41, 5.74) is 0.354. The summed E-state index contributed by atoms with van der Waals surface area (Å²) in [5, 5.41) is 11.9. The molecular weight excluding hydrogens is 224 g/mol. The lowest BCUT2D eigenvalue weighted by Gasteiger charge is -2.22. The Labute approximate surface area is 108 Å². The van der Waals surface area contributed by atoms with Crippen molar-refractivity contribution in [3.8, 4) is 18.4 Å². The van der Waals surface area contributed by atoms with Crippen LogP contribution in [0.25, 0.3) is 0 Å². The standard InChI is InChI=1S/C15H16N2O/c1-4-12-8-7-9-13(10-12)17-14(18)15(5-2,6-3)11-16/h1,7-10H,5-6H2,2-3H3,(H,17,18). The molecule has 0 bridgehead atoms. The quantitative estimate of drug-likeness (QED) is 0.823. The first-order valence-corrected chi connectivity index (χ1v) is 5.91. The third-order valence-electron chi connectivity index (χ3n) is 3.14. The maximum atomic E-state index is 12.1. The van der Waals surface area contributed by atoms with Gasteiger partial charge >= 0.3 is 0 Å². The fourth-order valence-corrected chi connectivity index (χ4v) is 1.72. The van der Waals surface area contributed by atoms with Gasteiger partial charge < -0.3 is 5.32 Å². The average Bonchev–Trinajstić information content (AvgIpc) is 2.41. The van der Waals surface area contributed by atoms with Crippen molar-refractivity contribution < 1.29 is 4.79 Å². The smallest absolute Gasteiger partial charge is 0.244 e. The molecule has 0 aliphatic rings. The maximum Gasteiger partial charge on any atom is 0.244 e. The molecule has 0 fully saturated rings. The van der Waals surface area contributed by atoms with Crippen molar-refractivity contribution in [3.63, 3.8) is 0 Å². The topological polar surface area (TPSA) is 52.9 Å². The number of benzene rings is 1. The molecule has 0 unspecified atom stereocenters. The van der Waals surface area contributed by atoms with Gasteiger partial charge in [-0.3, -0.25) is 4.79 Å². The second-order valence-corrected chi connectivity index (χ2v) is 4.08. The van der Waals surface area contributed by atoms with Crippen LogP contribution in [0.5, 0.6) is 0 Å². The number of terminal acetylenes is 1. The molecule has 0 saturated heterocycles. The van der Waals surface area contributed by atoms with Crippen LogP contribution in [0, 0.1) is 29.1 Å². The Bertz CT molecular complexity index is 516. The zero-order chi connectivity index (χ0) is 13.6. The minimum atomic E-state index is -0.966. The van der Waals surface area contributed by atoms with Gasteiger partial charge in [0.05, 0.1) is 6.07 Å². The van der Waals surface area contributed by atoms with E-state index in [0.717, 1.165) is 0 Å². The highest BCUT2D eigenvalue weighted by Gasteiger charge is 2.34. The molecule has 92 valence electrons. The number of nitriles is 1. The predicted octanol–water partition coefficient (Wildman–Crippen LogP) is 2.94. The van der Waals surface area contributed by atoms with Crippen LogP contribution in [-0.4, -0.2) is 5.91 Å². The molecule has 0 heterocycles. The molecule has 0 radical (unpaired) electrons. The van der Waals surface area contributed by atoms with E-state index < -0.39 is 5.41 Å². The summed E-state index contributed by atoms with van der Waals surface area (Å²) >= 11 is 0. The molecule has 1 rings (SSSR count). The number of hydrogen-bond acceptors (Lipinski definition) is 2. The fourth-order valence-electron chi connectivity index (χ4n) is 1.72. The minimum absolute atomic E-state index is 0.274. The number of nitrogens with one attached hydrogen (secondary N) is 1. The van der Waals surface area contributed by atoms with Gasteiger partial charge in [-0.1, -0.05) is 25.8 Å². The average molecular weight is 240 g/mol. The van der Waals surface area contributed by atoms with Crippen LogP contribution < -0.4 is 5.32 Å². The van der Waals surface area contributed by atoms with Crippen molar-refractivity contribution in [2.24, 2.45) is 5.41 Å². The Kier molecular flexibility index (Phi) is 4.52. The van der Waals surface area contributed by atoms with Crippen LogP contribution in [0.1, 0.15) is 32.3 Å². The van der Waals surface area contributed by atoms with Crippen molar-refractivity contribution >= 4 is 11.6 Å². The molecule has 1 amide bonds. The zero-order valence-electron chi connectivity index (χ0n) is 10.7. The van der Waals surface area contributed by atoms with Crippen LogP contribution in [-0.2, 0) is 4.79 Å². The summed E-state index contributed by atoms with van der Waals surface area (Å²) in [5.74, 6) is 2.23. The van der Waals surface area contributed by atoms with E-state index in [2.05, 4.69) is 17.3 Å². The molecule has 0 saturated carbocycles. The van der Waals surface area contributed by atoms with Gasteiger partial charge in [0, 0.05) is 11.3 Å². The number of amides is 1. The Morgan fingerprint density at radius 2 is 2.11 bits per heavy atom. The monoisotopic (exact) mass is 240 g/mol. The van der Waals surface area contributed by atoms with Crippen molar-refractivity contribution in [1.82, 2.24) is 0 Å². The first-order chi connectivity index (χ1) is 8.61. The normalized spacial score (nSPS) is 10.2. The molecule has 0 aliphatic heterocycles. The summed E-state index contributed by atoms with van der Waals surface area (Å²) in [6, 6.07) is 9.14. The summed E-state index contributed by atoms with van der Waals surface area (Å²) in [4.78, 5) is 12.1. The SMILES string of the molecule is C#Cc1cccc(NC(=O)C(C#N)(CC)CC)c1. The van der Waals surface area contributed by atoms with Gasteiger partial charge in [0.25, 0.3) is 0 Å². The van der Waals surface area contributed by atoms with E-state index in [1.165, 1.54) is 0 Å². The molecule has 3 nitrogen and oxygen atoms in total. The molecule has 1 aromatic carbocycles. The van der Waals surface area contributed by atoms with Gasteiger partial charge in [-0.25, -0.2) is 0 Å². The lowest BCUT2D eigenvalue weighted by molar-refractivity contribution is -0.123. The van der Waals surface area contributed by atoms with E-state index in [-0.39, 0.29) is 5.91 Å². The molecule has 0 aliphatic carbocycles. The minimum Gasteiger partial charge on any atom is -0.325 e. The highest BCUT2D eigenvalue weighted by Crippen LogP contribution is 2.27. The lowest BCUT2D eigenvalue weighted by Crippen LogP contribution is -2.33. The highest BCUT2D eigenvalue weighted by atomic mass is 16.2. The van der Waals surface area contributed by atoms with Crippen LogP contribution in [0.15, 0.2) is 24.3 Å². The third kappa shape index (κ3) is 2.70. The molecule has 0 atom stereocenters. The van der Waals surface area contributed by atoms with Crippen LogP contribution >= 0.6 is 0 Å². The third-order valence-corrected chi connectivity index (χ3v) is 3.14. The highest BCUT2D eigenvalue weighted by molar-refractivity contribution is 5.97. The molecule has 1 N–H and O–H groups in total. The number of carbonyl (C=O) groups excluding carboxylic acids is 1. The van der Waals surface area contributed by atoms with E-state index in [1.54, 1.807) is 24.3 Å². The van der Waals surface area contributed by atoms with E-state index in [1.807, 2.05) is 13.8 Å².